The van der Waals surface area contributed by atoms with E-state index in [1.165, 1.54) is 24.8 Å². The summed E-state index contributed by atoms with van der Waals surface area (Å²) in [4.78, 5) is 26.8. The van der Waals surface area contributed by atoms with E-state index in [0.717, 1.165) is 25.3 Å². The van der Waals surface area contributed by atoms with Crippen molar-refractivity contribution >= 4 is 17.5 Å². The minimum absolute atomic E-state index is 0.0845. The number of carbonyl (C=O) groups is 2. The van der Waals surface area contributed by atoms with Gasteiger partial charge in [-0.05, 0) is 63.5 Å². The van der Waals surface area contributed by atoms with Crippen molar-refractivity contribution in [1.82, 2.24) is 10.2 Å². The number of carbonyl (C=O) groups excluding carboxylic acids is 2. The number of anilines is 1. The Morgan fingerprint density at radius 2 is 1.89 bits per heavy atom. The van der Waals surface area contributed by atoms with Crippen molar-refractivity contribution in [3.63, 3.8) is 0 Å². The molecule has 144 valence electrons. The number of hydrogen-bond donors (Lipinski definition) is 2. The summed E-state index contributed by atoms with van der Waals surface area (Å²) >= 11 is 0. The van der Waals surface area contributed by atoms with Crippen molar-refractivity contribution in [3.8, 4) is 0 Å². The van der Waals surface area contributed by atoms with Gasteiger partial charge in [0.15, 0.2) is 0 Å². The minimum atomic E-state index is -0.307. The van der Waals surface area contributed by atoms with Crippen LogP contribution < -0.4 is 10.6 Å². The van der Waals surface area contributed by atoms with Gasteiger partial charge in [0.2, 0.25) is 5.91 Å². The van der Waals surface area contributed by atoms with Crippen LogP contribution >= 0.6 is 0 Å². The summed E-state index contributed by atoms with van der Waals surface area (Å²) in [5.74, 6) is 0.665. The highest BCUT2D eigenvalue weighted by molar-refractivity contribution is 5.99. The van der Waals surface area contributed by atoms with Crippen LogP contribution in [0, 0.1) is 13.8 Å². The quantitative estimate of drug-likeness (QED) is 0.820. The largest absolute Gasteiger partial charge is 0.466 e. The average Bonchev–Trinajstić information content (AvgIpc) is 2.99. The summed E-state index contributed by atoms with van der Waals surface area (Å²) in [6.45, 7) is 6.60. The molecule has 0 saturated carbocycles. The Morgan fingerprint density at radius 1 is 1.11 bits per heavy atom. The molecular weight excluding hydrogens is 342 g/mol. The van der Waals surface area contributed by atoms with Gasteiger partial charge in [-0.25, -0.2) is 0 Å². The van der Waals surface area contributed by atoms with Crippen LogP contribution in [0.15, 0.2) is 34.7 Å². The number of benzene rings is 1. The van der Waals surface area contributed by atoms with Gasteiger partial charge in [0.05, 0.1) is 12.1 Å². The van der Waals surface area contributed by atoms with Crippen molar-refractivity contribution < 1.29 is 14.0 Å². The van der Waals surface area contributed by atoms with Crippen LogP contribution in [0.5, 0.6) is 0 Å². The van der Waals surface area contributed by atoms with Crippen molar-refractivity contribution in [3.05, 3.63) is 53.0 Å². The first-order valence-corrected chi connectivity index (χ1v) is 9.47. The zero-order valence-corrected chi connectivity index (χ0v) is 16.0. The van der Waals surface area contributed by atoms with E-state index >= 15 is 0 Å². The SMILES string of the molecule is Cc1cc(C(=O)NCC(=O)Nc2cccc(CN3CCCCC3)c2)c(C)o1. The molecule has 2 amide bonds. The number of rotatable bonds is 6. The van der Waals surface area contributed by atoms with Crippen LogP contribution in [-0.4, -0.2) is 36.3 Å². The number of piperidine rings is 1. The number of likely N-dealkylation sites (tertiary alicyclic amines) is 1. The molecule has 0 atom stereocenters. The standard InChI is InChI=1S/C21H27N3O3/c1-15-11-19(16(2)27-15)21(26)22-13-20(25)23-18-8-6-7-17(12-18)14-24-9-4-3-5-10-24/h6-8,11-12H,3-5,9-10,13-14H2,1-2H3,(H,22,26)(H,23,25). The first-order valence-electron chi connectivity index (χ1n) is 9.47. The topological polar surface area (TPSA) is 74.6 Å². The van der Waals surface area contributed by atoms with Gasteiger partial charge in [0.25, 0.3) is 5.91 Å². The molecule has 6 heteroatoms. The molecule has 1 fully saturated rings. The molecule has 1 aliphatic heterocycles. The highest BCUT2D eigenvalue weighted by atomic mass is 16.3. The van der Waals surface area contributed by atoms with Crippen LogP contribution in [0.1, 0.15) is 46.7 Å². The lowest BCUT2D eigenvalue weighted by Gasteiger charge is -2.26. The van der Waals surface area contributed by atoms with E-state index in [1.807, 2.05) is 18.2 Å². The molecule has 1 aromatic carbocycles. The molecule has 0 bridgehead atoms. The lowest BCUT2D eigenvalue weighted by Crippen LogP contribution is -2.33. The lowest BCUT2D eigenvalue weighted by molar-refractivity contribution is -0.115. The third-order valence-electron chi connectivity index (χ3n) is 4.76. The Kier molecular flexibility index (Phi) is 6.29. The molecule has 1 aromatic heterocycles. The lowest BCUT2D eigenvalue weighted by atomic mass is 10.1. The van der Waals surface area contributed by atoms with E-state index in [-0.39, 0.29) is 18.4 Å². The molecular formula is C21H27N3O3. The van der Waals surface area contributed by atoms with Gasteiger partial charge in [0, 0.05) is 12.2 Å². The highest BCUT2D eigenvalue weighted by Gasteiger charge is 2.15. The summed E-state index contributed by atoms with van der Waals surface area (Å²) in [6, 6.07) is 9.56. The van der Waals surface area contributed by atoms with Crippen molar-refractivity contribution in [2.45, 2.75) is 39.7 Å². The van der Waals surface area contributed by atoms with Gasteiger partial charge in [0.1, 0.15) is 11.5 Å². The molecule has 0 unspecified atom stereocenters. The first-order chi connectivity index (χ1) is 13.0. The third-order valence-corrected chi connectivity index (χ3v) is 4.76. The van der Waals surface area contributed by atoms with Gasteiger partial charge < -0.3 is 15.1 Å². The smallest absolute Gasteiger partial charge is 0.255 e. The summed E-state index contributed by atoms with van der Waals surface area (Å²) in [5.41, 5.74) is 2.39. The molecule has 3 rings (SSSR count). The zero-order chi connectivity index (χ0) is 19.2. The molecule has 0 spiro atoms. The molecule has 1 aliphatic rings. The van der Waals surface area contributed by atoms with E-state index in [9.17, 15) is 9.59 Å². The Labute approximate surface area is 159 Å². The van der Waals surface area contributed by atoms with Gasteiger partial charge >= 0.3 is 0 Å². The molecule has 6 nitrogen and oxygen atoms in total. The molecule has 2 aromatic rings. The van der Waals surface area contributed by atoms with Crippen LogP contribution in [0.4, 0.5) is 5.69 Å². The summed E-state index contributed by atoms with van der Waals surface area (Å²) in [5, 5.41) is 5.48. The van der Waals surface area contributed by atoms with Crippen LogP contribution in [0.25, 0.3) is 0 Å². The third kappa shape index (κ3) is 5.44. The van der Waals surface area contributed by atoms with Gasteiger partial charge in [-0.2, -0.15) is 0 Å². The minimum Gasteiger partial charge on any atom is -0.466 e. The fraction of sp³-hybridized carbons (Fsp3) is 0.429. The fourth-order valence-corrected chi connectivity index (χ4v) is 3.44. The van der Waals surface area contributed by atoms with Gasteiger partial charge in [-0.15, -0.1) is 0 Å². The number of furan rings is 1. The number of nitrogens with one attached hydrogen (secondary N) is 2. The van der Waals surface area contributed by atoms with Gasteiger partial charge in [-0.3, -0.25) is 14.5 Å². The van der Waals surface area contributed by atoms with E-state index < -0.39 is 0 Å². The molecule has 2 N–H and O–H groups in total. The molecule has 1 saturated heterocycles. The van der Waals surface area contributed by atoms with Crippen molar-refractivity contribution in [1.29, 1.82) is 0 Å². The number of amides is 2. The zero-order valence-electron chi connectivity index (χ0n) is 16.0. The molecule has 2 heterocycles. The highest BCUT2D eigenvalue weighted by Crippen LogP contribution is 2.16. The molecule has 27 heavy (non-hydrogen) atoms. The summed E-state index contributed by atoms with van der Waals surface area (Å²) < 4.78 is 5.35. The van der Waals surface area contributed by atoms with Crippen LogP contribution in [-0.2, 0) is 11.3 Å². The van der Waals surface area contributed by atoms with E-state index in [1.54, 1.807) is 19.9 Å². The number of aryl methyl sites for hydroxylation is 2. The van der Waals surface area contributed by atoms with Crippen molar-refractivity contribution in [2.75, 3.05) is 25.0 Å². The second-order valence-electron chi connectivity index (χ2n) is 7.09. The average molecular weight is 369 g/mol. The number of nitrogens with zero attached hydrogens (tertiary/aromatic N) is 1. The normalized spacial score (nSPS) is 14.7. The maximum Gasteiger partial charge on any atom is 0.255 e. The number of hydrogen-bond acceptors (Lipinski definition) is 4. The summed E-state index contributed by atoms with van der Waals surface area (Å²) in [7, 11) is 0. The Bertz CT molecular complexity index is 807. The first kappa shape index (κ1) is 19.2. The summed E-state index contributed by atoms with van der Waals surface area (Å²) in [6.07, 6.45) is 3.83. The Balaban J connectivity index is 1.50. The van der Waals surface area contributed by atoms with E-state index in [0.29, 0.717) is 17.1 Å². The Morgan fingerprint density at radius 3 is 2.59 bits per heavy atom. The van der Waals surface area contributed by atoms with Gasteiger partial charge in [-0.1, -0.05) is 18.6 Å². The van der Waals surface area contributed by atoms with Crippen LogP contribution in [0.3, 0.4) is 0 Å². The van der Waals surface area contributed by atoms with Crippen molar-refractivity contribution in [2.24, 2.45) is 0 Å². The van der Waals surface area contributed by atoms with E-state index in [4.69, 9.17) is 4.42 Å². The maximum absolute atomic E-state index is 12.2. The monoisotopic (exact) mass is 369 g/mol. The molecule has 0 aliphatic carbocycles. The molecule has 0 radical (unpaired) electrons. The fourth-order valence-electron chi connectivity index (χ4n) is 3.44. The second kappa shape index (κ2) is 8.86. The van der Waals surface area contributed by atoms with E-state index in [2.05, 4.69) is 21.6 Å². The maximum atomic E-state index is 12.2. The predicted molar refractivity (Wildman–Crippen MR) is 105 cm³/mol. The Hall–Kier alpha value is -2.60. The second-order valence-corrected chi connectivity index (χ2v) is 7.09. The predicted octanol–water partition coefficient (Wildman–Crippen LogP) is 3.25. The van der Waals surface area contributed by atoms with Crippen LogP contribution in [0.2, 0.25) is 0 Å².